The number of aryl methyl sites for hydroxylation is 6. The van der Waals surface area contributed by atoms with Crippen molar-refractivity contribution in [2.45, 2.75) is 41.5 Å². The number of aromatic nitrogens is 3. The number of benzene rings is 10. The number of anilines is 3. The van der Waals surface area contributed by atoms with Gasteiger partial charge in [0.15, 0.2) is 11.6 Å². The Morgan fingerprint density at radius 1 is 0.311 bits per heavy atom. The number of para-hydroxylation sites is 1. The Morgan fingerprint density at radius 2 is 0.703 bits per heavy atom. The summed E-state index contributed by atoms with van der Waals surface area (Å²) in [7, 11) is 0. The van der Waals surface area contributed by atoms with Crippen LogP contribution in [0, 0.1) is 41.5 Å². The van der Waals surface area contributed by atoms with E-state index in [9.17, 15) is 0 Å². The Hall–Kier alpha value is -8.93. The molecule has 0 aliphatic rings. The molecule has 0 radical (unpaired) electrons. The summed E-state index contributed by atoms with van der Waals surface area (Å²) in [6, 6.07) is 84.4. The third-order valence-corrected chi connectivity index (χ3v) is 14.2. The highest BCUT2D eigenvalue weighted by Gasteiger charge is 2.30. The van der Waals surface area contributed by atoms with Crippen LogP contribution in [0.25, 0.3) is 67.3 Å². The predicted octanol–water partition coefficient (Wildman–Crippen LogP) is 15.7. The molecule has 1 aromatic heterocycles. The number of rotatable bonds is 12. The SMILES string of the molecule is Cc1cc(C)c(B(c2ccc(N(c3nc(-c4cc(-c5ccccc5)cc(-c5ccccc5)c4)nc(-c4ccccc4-c4ccccc4)n3)c3ccccc3-c3ccccc3)cc2)c2c(C)cc(C)cc2C)c(C)c1. The van der Waals surface area contributed by atoms with Crippen LogP contribution in [-0.4, -0.2) is 21.7 Å². The van der Waals surface area contributed by atoms with E-state index in [1.165, 1.54) is 49.8 Å². The zero-order valence-electron chi connectivity index (χ0n) is 42.9. The van der Waals surface area contributed by atoms with E-state index in [4.69, 9.17) is 15.0 Å². The molecule has 356 valence electrons. The zero-order valence-corrected chi connectivity index (χ0v) is 42.9. The van der Waals surface area contributed by atoms with Crippen LogP contribution in [0.3, 0.4) is 0 Å². The van der Waals surface area contributed by atoms with Gasteiger partial charge in [-0.25, -0.2) is 4.98 Å². The van der Waals surface area contributed by atoms with Gasteiger partial charge in [-0.3, -0.25) is 4.90 Å². The lowest BCUT2D eigenvalue weighted by Gasteiger charge is -2.28. The summed E-state index contributed by atoms with van der Waals surface area (Å²) < 4.78 is 0. The summed E-state index contributed by atoms with van der Waals surface area (Å²) in [6.45, 7) is 13.5. The summed E-state index contributed by atoms with van der Waals surface area (Å²) in [6.07, 6.45) is 0. The number of hydrogen-bond donors (Lipinski definition) is 0. The zero-order chi connectivity index (χ0) is 50.7. The topological polar surface area (TPSA) is 41.9 Å². The van der Waals surface area contributed by atoms with Gasteiger partial charge in [-0.1, -0.05) is 250 Å². The number of hydrogen-bond acceptors (Lipinski definition) is 4. The predicted molar refractivity (Wildman–Crippen MR) is 313 cm³/mol. The highest BCUT2D eigenvalue weighted by molar-refractivity contribution is 6.96. The largest absolute Gasteiger partial charge is 0.278 e. The summed E-state index contributed by atoms with van der Waals surface area (Å²) in [5.74, 6) is 1.64. The molecule has 0 aliphatic carbocycles. The van der Waals surface area contributed by atoms with E-state index in [-0.39, 0.29) is 6.71 Å². The first kappa shape index (κ1) is 47.4. The van der Waals surface area contributed by atoms with Crippen LogP contribution in [0.4, 0.5) is 17.3 Å². The van der Waals surface area contributed by atoms with Gasteiger partial charge < -0.3 is 0 Å². The fourth-order valence-corrected chi connectivity index (χ4v) is 11.1. The second kappa shape index (κ2) is 20.7. The van der Waals surface area contributed by atoms with Gasteiger partial charge in [-0.05, 0) is 117 Å². The van der Waals surface area contributed by atoms with E-state index in [1.54, 1.807) is 0 Å². The summed E-state index contributed by atoms with van der Waals surface area (Å²) in [5.41, 5.74) is 23.9. The monoisotopic (exact) mass is 952 g/mol. The second-order valence-corrected chi connectivity index (χ2v) is 19.6. The smallest absolute Gasteiger partial charge is 0.242 e. The van der Waals surface area contributed by atoms with E-state index in [2.05, 4.69) is 283 Å². The van der Waals surface area contributed by atoms with Crippen LogP contribution in [0.15, 0.2) is 237 Å². The van der Waals surface area contributed by atoms with Gasteiger partial charge in [0.1, 0.15) is 0 Å². The molecule has 0 atom stereocenters. The highest BCUT2D eigenvalue weighted by atomic mass is 15.3. The quantitative estimate of drug-likeness (QED) is 0.114. The molecule has 74 heavy (non-hydrogen) atoms. The van der Waals surface area contributed by atoms with Gasteiger partial charge >= 0.3 is 0 Å². The Balaban J connectivity index is 1.18. The first-order valence-electron chi connectivity index (χ1n) is 25.5. The number of nitrogens with zero attached hydrogens (tertiary/aromatic N) is 4. The van der Waals surface area contributed by atoms with Crippen molar-refractivity contribution in [1.29, 1.82) is 0 Å². The molecule has 11 rings (SSSR count). The molecule has 0 spiro atoms. The first-order chi connectivity index (χ1) is 36.2. The molecule has 1 heterocycles. The molecule has 0 bridgehead atoms. The van der Waals surface area contributed by atoms with Gasteiger partial charge in [-0.15, -0.1) is 0 Å². The van der Waals surface area contributed by atoms with Crippen LogP contribution in [0.5, 0.6) is 0 Å². The lowest BCUT2D eigenvalue weighted by atomic mass is 9.34. The van der Waals surface area contributed by atoms with Gasteiger partial charge in [-0.2, -0.15) is 9.97 Å². The Morgan fingerprint density at radius 3 is 1.20 bits per heavy atom. The molecule has 10 aromatic carbocycles. The summed E-state index contributed by atoms with van der Waals surface area (Å²) >= 11 is 0. The Bertz CT molecular complexity index is 3620. The van der Waals surface area contributed by atoms with Gasteiger partial charge in [0.2, 0.25) is 12.7 Å². The second-order valence-electron chi connectivity index (χ2n) is 19.6. The van der Waals surface area contributed by atoms with Crippen LogP contribution in [-0.2, 0) is 0 Å². The molecule has 0 amide bonds. The maximum absolute atomic E-state index is 5.61. The molecule has 0 saturated carbocycles. The molecular formula is C69H57BN4. The van der Waals surface area contributed by atoms with Crippen molar-refractivity contribution >= 4 is 40.4 Å². The third kappa shape index (κ3) is 9.60. The average Bonchev–Trinajstić information content (AvgIpc) is 3.43. The van der Waals surface area contributed by atoms with E-state index >= 15 is 0 Å². The van der Waals surface area contributed by atoms with Crippen molar-refractivity contribution in [2.75, 3.05) is 4.90 Å². The molecular weight excluding hydrogens is 896 g/mol. The van der Waals surface area contributed by atoms with Crippen molar-refractivity contribution in [3.63, 3.8) is 0 Å². The lowest BCUT2D eigenvalue weighted by Crippen LogP contribution is -2.55. The molecule has 0 saturated heterocycles. The van der Waals surface area contributed by atoms with Crippen LogP contribution < -0.4 is 21.3 Å². The Labute approximate surface area is 436 Å². The van der Waals surface area contributed by atoms with Gasteiger partial charge in [0.05, 0.1) is 5.69 Å². The summed E-state index contributed by atoms with van der Waals surface area (Å²) in [5, 5.41) is 0. The van der Waals surface area contributed by atoms with Gasteiger partial charge in [0, 0.05) is 22.4 Å². The highest BCUT2D eigenvalue weighted by Crippen LogP contribution is 2.42. The third-order valence-electron chi connectivity index (χ3n) is 14.2. The fraction of sp³-hybridized carbons (Fsp3) is 0.0870. The van der Waals surface area contributed by atoms with Crippen molar-refractivity contribution in [3.05, 3.63) is 270 Å². The van der Waals surface area contributed by atoms with Gasteiger partial charge in [0.25, 0.3) is 0 Å². The minimum atomic E-state index is 0.0101. The average molecular weight is 953 g/mol. The maximum Gasteiger partial charge on any atom is 0.242 e. The van der Waals surface area contributed by atoms with Crippen molar-refractivity contribution in [3.8, 4) is 67.3 Å². The van der Waals surface area contributed by atoms with E-state index in [0.29, 0.717) is 17.6 Å². The minimum Gasteiger partial charge on any atom is -0.278 e. The molecule has 0 fully saturated rings. The van der Waals surface area contributed by atoms with E-state index in [0.717, 1.165) is 67.0 Å². The van der Waals surface area contributed by atoms with E-state index < -0.39 is 0 Å². The molecule has 0 unspecified atom stereocenters. The maximum atomic E-state index is 5.61. The van der Waals surface area contributed by atoms with Crippen LogP contribution in [0.1, 0.15) is 33.4 Å². The lowest BCUT2D eigenvalue weighted by molar-refractivity contribution is 1.02. The normalized spacial score (nSPS) is 11.1. The molecule has 0 aliphatic heterocycles. The Kier molecular flexibility index (Phi) is 13.2. The molecule has 11 aromatic rings. The summed E-state index contributed by atoms with van der Waals surface area (Å²) in [4.78, 5) is 18.9. The van der Waals surface area contributed by atoms with Crippen molar-refractivity contribution < 1.29 is 0 Å². The molecule has 0 N–H and O–H groups in total. The minimum absolute atomic E-state index is 0.0101. The molecule has 5 heteroatoms. The standard InChI is InChI=1S/C69H57BN4/c1-46-39-48(3)65(49(4)40-46)70(66-50(5)41-47(2)42-51(66)6)59-35-37-60(38-36-59)74(64-34-22-21-32-62(64)55-29-17-10-18-30-55)69-72-67(71-68(73-69)63-33-20-19-31-61(63)54-27-15-9-16-28-54)58-44-56(52-23-11-7-12-24-52)43-57(45-58)53-25-13-8-14-26-53/h7-45H,1-6H3. The first-order valence-corrected chi connectivity index (χ1v) is 25.5. The van der Waals surface area contributed by atoms with Crippen molar-refractivity contribution in [1.82, 2.24) is 15.0 Å². The van der Waals surface area contributed by atoms with E-state index in [1.807, 2.05) is 0 Å². The fourth-order valence-electron chi connectivity index (χ4n) is 11.1. The van der Waals surface area contributed by atoms with Crippen LogP contribution >= 0.6 is 0 Å². The van der Waals surface area contributed by atoms with Crippen LogP contribution in [0.2, 0.25) is 0 Å². The van der Waals surface area contributed by atoms with Crippen molar-refractivity contribution in [2.24, 2.45) is 0 Å². The molecule has 4 nitrogen and oxygen atoms in total.